The lowest BCUT2D eigenvalue weighted by atomic mass is 10.1. The van der Waals surface area contributed by atoms with Gasteiger partial charge in [0.2, 0.25) is 5.91 Å². The van der Waals surface area contributed by atoms with Crippen LogP contribution in [0.5, 0.6) is 0 Å². The van der Waals surface area contributed by atoms with Crippen LogP contribution < -0.4 is 16.4 Å². The number of nitrogens with zero attached hydrogens (tertiary/aromatic N) is 1. The van der Waals surface area contributed by atoms with Gasteiger partial charge in [-0.05, 0) is 58.4 Å². The molecule has 1 unspecified atom stereocenters. The van der Waals surface area contributed by atoms with Gasteiger partial charge in [0.25, 0.3) is 5.91 Å². The first kappa shape index (κ1) is 33.6. The second-order valence-corrected chi connectivity index (χ2v) is 8.27. The van der Waals surface area contributed by atoms with Crippen LogP contribution in [0.2, 0.25) is 5.02 Å². The third kappa shape index (κ3) is 14.1. The van der Waals surface area contributed by atoms with Crippen molar-refractivity contribution in [3.63, 3.8) is 0 Å². The van der Waals surface area contributed by atoms with E-state index in [1.807, 2.05) is 0 Å². The number of halogens is 1. The molecule has 0 aliphatic carbocycles. The van der Waals surface area contributed by atoms with Crippen LogP contribution in [0.25, 0.3) is 0 Å². The second-order valence-electron chi connectivity index (χ2n) is 7.84. The number of allylic oxidation sites excluding steroid dienone is 1. The molecule has 4 N–H and O–H groups in total. The molecule has 0 saturated carbocycles. The summed E-state index contributed by atoms with van der Waals surface area (Å²) < 4.78 is 9.79. The van der Waals surface area contributed by atoms with Gasteiger partial charge in [0.15, 0.2) is 0 Å². The van der Waals surface area contributed by atoms with E-state index in [1.54, 1.807) is 52.0 Å². The maximum Gasteiger partial charge on any atom is 0.328 e. The van der Waals surface area contributed by atoms with Crippen molar-refractivity contribution in [2.24, 2.45) is 10.7 Å². The predicted molar refractivity (Wildman–Crippen MR) is 145 cm³/mol. The van der Waals surface area contributed by atoms with Crippen LogP contribution in [-0.2, 0) is 28.7 Å². The molecule has 1 aromatic rings. The molecule has 0 saturated heterocycles. The Balaban J connectivity index is 0.00000410. The summed E-state index contributed by atoms with van der Waals surface area (Å²) in [5.74, 6) is -2.43. The topological polar surface area (TPSA) is 149 Å². The molecule has 1 atom stereocenters. The third-order valence-electron chi connectivity index (χ3n) is 4.36. The summed E-state index contributed by atoms with van der Waals surface area (Å²) in [5.41, 5.74) is 7.13. The minimum absolute atomic E-state index is 0.00271. The number of esters is 2. The molecule has 10 nitrogen and oxygen atoms in total. The van der Waals surface area contributed by atoms with Crippen molar-refractivity contribution in [3.8, 4) is 0 Å². The molecule has 0 aromatic heterocycles. The van der Waals surface area contributed by atoms with E-state index in [2.05, 4.69) is 29.5 Å². The quantitative estimate of drug-likeness (QED) is 0.209. The lowest BCUT2D eigenvalue weighted by molar-refractivity contribution is -0.148. The van der Waals surface area contributed by atoms with Crippen molar-refractivity contribution in [1.29, 1.82) is 0 Å². The standard InChI is InChI=1S/C23H31ClN4O6.C3H8/c1-5-33-20(30)12-11-18(23(32)34-6-2)28-19(29)13-26-22(31)21(14(3)25)15(4)27-17-9-7-16(24)8-10-17;1-3-2/h7-10,18H,5-6,11-13,25H2,1-4H3,(H,26,31)(H,28,29);3H2,1-2H3/b21-14+,27-15?;. The number of nitrogens with two attached hydrogens (primary N) is 1. The zero-order valence-corrected chi connectivity index (χ0v) is 23.2. The first-order valence-corrected chi connectivity index (χ1v) is 12.6. The fourth-order valence-corrected chi connectivity index (χ4v) is 3.00. The highest BCUT2D eigenvalue weighted by Gasteiger charge is 2.24. The Morgan fingerprint density at radius 3 is 2.08 bits per heavy atom. The third-order valence-corrected chi connectivity index (χ3v) is 4.62. The number of amides is 2. The van der Waals surface area contributed by atoms with E-state index >= 15 is 0 Å². The molecular weight excluding hydrogens is 500 g/mol. The second kappa shape index (κ2) is 18.8. The SMILES string of the molecule is CCC.CCOC(=O)CCC(NC(=O)CNC(=O)/C(C(C)=Nc1ccc(Cl)cc1)=C(\C)N)C(=O)OCC. The summed E-state index contributed by atoms with van der Waals surface area (Å²) in [6, 6.07) is 5.64. The molecule has 11 heteroatoms. The summed E-state index contributed by atoms with van der Waals surface area (Å²) >= 11 is 5.87. The Morgan fingerprint density at radius 1 is 1.00 bits per heavy atom. The first-order valence-electron chi connectivity index (χ1n) is 12.2. The zero-order chi connectivity index (χ0) is 28.4. The van der Waals surface area contributed by atoms with Gasteiger partial charge < -0.3 is 25.8 Å². The number of aliphatic imine (C=N–C) groups is 1. The molecule has 2 amide bonds. The number of hydrogen-bond acceptors (Lipinski definition) is 8. The maximum absolute atomic E-state index is 12.7. The normalized spacial score (nSPS) is 12.2. The summed E-state index contributed by atoms with van der Waals surface area (Å²) in [7, 11) is 0. The van der Waals surface area contributed by atoms with Crippen LogP contribution in [0.4, 0.5) is 5.69 Å². The number of carbonyl (C=O) groups is 4. The minimum atomic E-state index is -1.06. The van der Waals surface area contributed by atoms with Gasteiger partial charge in [-0.1, -0.05) is 31.9 Å². The fourth-order valence-electron chi connectivity index (χ4n) is 2.88. The number of ether oxygens (including phenoxy) is 2. The van der Waals surface area contributed by atoms with E-state index in [-0.39, 0.29) is 37.3 Å². The molecule has 0 bridgehead atoms. The number of carbonyl (C=O) groups excluding carboxylic acids is 4. The van der Waals surface area contributed by atoms with Gasteiger partial charge in [-0.3, -0.25) is 19.4 Å². The van der Waals surface area contributed by atoms with E-state index in [1.165, 1.54) is 6.42 Å². The lowest BCUT2D eigenvalue weighted by Gasteiger charge is -2.17. The molecule has 1 rings (SSSR count). The Morgan fingerprint density at radius 2 is 1.57 bits per heavy atom. The summed E-state index contributed by atoms with van der Waals surface area (Å²) in [6.07, 6.45) is 1.17. The molecule has 0 fully saturated rings. The average molecular weight is 539 g/mol. The Bertz CT molecular complexity index is 956. The van der Waals surface area contributed by atoms with Crippen LogP contribution in [0.1, 0.15) is 60.8 Å². The fraction of sp³-hybridized carbons (Fsp3) is 0.500. The predicted octanol–water partition coefficient (Wildman–Crippen LogP) is 3.59. The highest BCUT2D eigenvalue weighted by Crippen LogP contribution is 2.18. The Hall–Kier alpha value is -3.40. The summed E-state index contributed by atoms with van der Waals surface area (Å²) in [6.45, 7) is 10.6. The van der Waals surface area contributed by atoms with Crippen molar-refractivity contribution < 1.29 is 28.7 Å². The van der Waals surface area contributed by atoms with Crippen LogP contribution in [0.15, 0.2) is 40.5 Å². The van der Waals surface area contributed by atoms with Gasteiger partial charge >= 0.3 is 11.9 Å². The smallest absolute Gasteiger partial charge is 0.328 e. The highest BCUT2D eigenvalue weighted by atomic mass is 35.5. The Kier molecular flexibility index (Phi) is 17.1. The van der Waals surface area contributed by atoms with E-state index in [4.69, 9.17) is 26.8 Å². The van der Waals surface area contributed by atoms with Crippen LogP contribution in [0, 0.1) is 0 Å². The molecule has 1 aromatic carbocycles. The lowest BCUT2D eigenvalue weighted by Crippen LogP contribution is -2.47. The van der Waals surface area contributed by atoms with Crippen LogP contribution >= 0.6 is 11.6 Å². The van der Waals surface area contributed by atoms with E-state index in [0.29, 0.717) is 16.4 Å². The van der Waals surface area contributed by atoms with Crippen LogP contribution in [-0.4, -0.2) is 55.3 Å². The minimum Gasteiger partial charge on any atom is -0.466 e. The van der Waals surface area contributed by atoms with Crippen molar-refractivity contribution in [3.05, 3.63) is 40.6 Å². The first-order chi connectivity index (χ1) is 17.5. The van der Waals surface area contributed by atoms with Crippen molar-refractivity contribution >= 4 is 46.8 Å². The molecule has 0 aliphatic rings. The van der Waals surface area contributed by atoms with E-state index in [9.17, 15) is 19.2 Å². The highest BCUT2D eigenvalue weighted by molar-refractivity contribution is 6.30. The Labute approximate surface area is 224 Å². The molecular formula is C26H39ClN4O6. The van der Waals surface area contributed by atoms with Gasteiger partial charge in [-0.25, -0.2) is 4.79 Å². The number of nitrogens with one attached hydrogen (secondary N) is 2. The monoisotopic (exact) mass is 538 g/mol. The zero-order valence-electron chi connectivity index (χ0n) is 22.5. The van der Waals surface area contributed by atoms with Gasteiger partial charge in [0, 0.05) is 17.1 Å². The summed E-state index contributed by atoms with van der Waals surface area (Å²) in [5, 5.41) is 5.49. The van der Waals surface area contributed by atoms with Gasteiger partial charge in [0.05, 0.1) is 36.7 Å². The molecule has 206 valence electrons. The molecule has 37 heavy (non-hydrogen) atoms. The van der Waals surface area contributed by atoms with Crippen molar-refractivity contribution in [2.75, 3.05) is 19.8 Å². The van der Waals surface area contributed by atoms with Gasteiger partial charge in [-0.15, -0.1) is 0 Å². The number of hydrogen-bond donors (Lipinski definition) is 3. The van der Waals surface area contributed by atoms with Crippen molar-refractivity contribution in [2.45, 2.75) is 66.8 Å². The number of rotatable bonds is 12. The molecule has 0 aliphatic heterocycles. The largest absolute Gasteiger partial charge is 0.466 e. The van der Waals surface area contributed by atoms with Gasteiger partial charge in [-0.2, -0.15) is 0 Å². The van der Waals surface area contributed by atoms with Crippen LogP contribution in [0.3, 0.4) is 0 Å². The maximum atomic E-state index is 12.7. The average Bonchev–Trinajstić information content (AvgIpc) is 2.82. The molecule has 0 spiro atoms. The van der Waals surface area contributed by atoms with Gasteiger partial charge in [0.1, 0.15) is 6.04 Å². The van der Waals surface area contributed by atoms with Crippen molar-refractivity contribution in [1.82, 2.24) is 10.6 Å². The van der Waals surface area contributed by atoms with E-state index in [0.717, 1.165) is 0 Å². The summed E-state index contributed by atoms with van der Waals surface area (Å²) in [4.78, 5) is 53.2. The molecule has 0 radical (unpaired) electrons. The van der Waals surface area contributed by atoms with E-state index < -0.39 is 36.3 Å². The number of benzene rings is 1. The molecule has 0 heterocycles.